The van der Waals surface area contributed by atoms with Crippen LogP contribution in [-0.2, 0) is 17.7 Å². The maximum atomic E-state index is 5.85. The van der Waals surface area contributed by atoms with Gasteiger partial charge >= 0.3 is 0 Å². The van der Waals surface area contributed by atoms with Gasteiger partial charge in [0.25, 0.3) is 0 Å². The van der Waals surface area contributed by atoms with Crippen molar-refractivity contribution in [3.05, 3.63) is 47.7 Å². The summed E-state index contributed by atoms with van der Waals surface area (Å²) in [6, 6.07) is 10.8. The number of aromatic nitrogens is 2. The number of nitrogens with zero attached hydrogens (tertiary/aromatic N) is 4. The Kier molecular flexibility index (Phi) is 6.55. The second-order valence-corrected chi connectivity index (χ2v) is 6.58. The molecule has 1 fully saturated rings. The Labute approximate surface area is 149 Å². The lowest BCUT2D eigenvalue weighted by Gasteiger charge is -2.40. The second-order valence-electron chi connectivity index (χ2n) is 6.58. The first-order valence-electron chi connectivity index (χ1n) is 9.09. The van der Waals surface area contributed by atoms with Gasteiger partial charge in [0.15, 0.2) is 0 Å². The molecule has 0 aliphatic carbocycles. The molecule has 0 spiro atoms. The fraction of sp³-hybridized carbons (Fsp3) is 0.579. The Morgan fingerprint density at radius 2 is 1.96 bits per heavy atom. The summed E-state index contributed by atoms with van der Waals surface area (Å²) in [5, 5.41) is 8.44. The van der Waals surface area contributed by atoms with Crippen molar-refractivity contribution in [2.45, 2.75) is 32.4 Å². The highest BCUT2D eigenvalue weighted by Crippen LogP contribution is 2.16. The van der Waals surface area contributed by atoms with Gasteiger partial charge in [0.2, 0.25) is 11.8 Å². The molecular formula is C19H28N4O2. The van der Waals surface area contributed by atoms with Gasteiger partial charge in [0.1, 0.15) is 0 Å². The lowest BCUT2D eigenvalue weighted by Crippen LogP contribution is -2.53. The van der Waals surface area contributed by atoms with Crippen molar-refractivity contribution in [1.29, 1.82) is 0 Å². The maximum absolute atomic E-state index is 5.85. The lowest BCUT2D eigenvalue weighted by atomic mass is 10.1. The number of piperazine rings is 1. The van der Waals surface area contributed by atoms with E-state index >= 15 is 0 Å². The van der Waals surface area contributed by atoms with Crippen LogP contribution < -0.4 is 0 Å². The van der Waals surface area contributed by atoms with Gasteiger partial charge in [-0.25, -0.2) is 0 Å². The third kappa shape index (κ3) is 5.11. The maximum Gasteiger partial charge on any atom is 0.230 e. The van der Waals surface area contributed by atoms with Crippen LogP contribution in [0.15, 0.2) is 34.7 Å². The molecule has 0 radical (unpaired) electrons. The summed E-state index contributed by atoms with van der Waals surface area (Å²) in [6.07, 6.45) is 1.83. The van der Waals surface area contributed by atoms with Crippen molar-refractivity contribution in [1.82, 2.24) is 20.0 Å². The molecule has 136 valence electrons. The molecule has 6 nitrogen and oxygen atoms in total. The first-order valence-corrected chi connectivity index (χ1v) is 9.09. The molecule has 0 unspecified atom stereocenters. The summed E-state index contributed by atoms with van der Waals surface area (Å²) < 4.78 is 11.1. The summed E-state index contributed by atoms with van der Waals surface area (Å²) in [5.41, 5.74) is 1.19. The third-order valence-corrected chi connectivity index (χ3v) is 4.81. The average Bonchev–Trinajstić information content (AvgIpc) is 3.08. The smallest absolute Gasteiger partial charge is 0.230 e. The molecule has 25 heavy (non-hydrogen) atoms. The molecule has 1 aromatic carbocycles. The Hall–Kier alpha value is -1.76. The van der Waals surface area contributed by atoms with Crippen LogP contribution in [0.1, 0.15) is 30.7 Å². The van der Waals surface area contributed by atoms with Crippen LogP contribution in [0.3, 0.4) is 0 Å². The molecule has 0 N–H and O–H groups in total. The van der Waals surface area contributed by atoms with Gasteiger partial charge in [0.05, 0.1) is 19.6 Å². The van der Waals surface area contributed by atoms with Crippen LogP contribution in [-0.4, -0.2) is 65.9 Å². The summed E-state index contributed by atoms with van der Waals surface area (Å²) in [7, 11) is 1.76. The first kappa shape index (κ1) is 18.0. The van der Waals surface area contributed by atoms with Gasteiger partial charge in [-0.05, 0) is 12.0 Å². The predicted molar refractivity (Wildman–Crippen MR) is 96.4 cm³/mol. The van der Waals surface area contributed by atoms with Gasteiger partial charge < -0.3 is 9.15 Å². The van der Waals surface area contributed by atoms with Crippen LogP contribution >= 0.6 is 0 Å². The van der Waals surface area contributed by atoms with Gasteiger partial charge in [0, 0.05) is 39.3 Å². The van der Waals surface area contributed by atoms with Crippen molar-refractivity contribution in [3.8, 4) is 0 Å². The van der Waals surface area contributed by atoms with Gasteiger partial charge in [-0.2, -0.15) is 0 Å². The van der Waals surface area contributed by atoms with Crippen LogP contribution in [0, 0.1) is 0 Å². The Morgan fingerprint density at radius 1 is 1.16 bits per heavy atom. The lowest BCUT2D eigenvalue weighted by molar-refractivity contribution is 0.0430. The third-order valence-electron chi connectivity index (χ3n) is 4.81. The molecule has 1 saturated heterocycles. The molecule has 1 atom stereocenters. The molecule has 2 aromatic rings. The normalized spacial score (nSPS) is 19.4. The van der Waals surface area contributed by atoms with Crippen LogP contribution in [0.25, 0.3) is 0 Å². The molecule has 0 saturated carbocycles. The van der Waals surface area contributed by atoms with Crippen molar-refractivity contribution in [3.63, 3.8) is 0 Å². The standard InChI is InChI=1S/C19H28N4O2/c1-3-17-14-22(9-10-23(17)11-12-24-2)15-19-21-20-18(25-19)13-16-7-5-4-6-8-16/h4-8,17H,3,9-15H2,1-2H3/t17-/m1/s1. The summed E-state index contributed by atoms with van der Waals surface area (Å²) in [6.45, 7) is 7.91. The number of hydrogen-bond donors (Lipinski definition) is 0. The Morgan fingerprint density at radius 3 is 2.72 bits per heavy atom. The summed E-state index contributed by atoms with van der Waals surface area (Å²) in [4.78, 5) is 4.94. The van der Waals surface area contributed by atoms with Gasteiger partial charge in [-0.3, -0.25) is 9.80 Å². The van der Waals surface area contributed by atoms with E-state index < -0.39 is 0 Å². The fourth-order valence-electron chi connectivity index (χ4n) is 3.38. The van der Waals surface area contributed by atoms with E-state index in [0.29, 0.717) is 24.2 Å². The zero-order chi connectivity index (χ0) is 17.5. The number of rotatable bonds is 8. The molecule has 1 aliphatic rings. The number of hydrogen-bond acceptors (Lipinski definition) is 6. The quantitative estimate of drug-likeness (QED) is 0.732. The van der Waals surface area contributed by atoms with Crippen molar-refractivity contribution >= 4 is 0 Å². The molecule has 2 heterocycles. The van der Waals surface area contributed by atoms with Gasteiger partial charge in [-0.1, -0.05) is 37.3 Å². The van der Waals surface area contributed by atoms with Crippen molar-refractivity contribution in [2.75, 3.05) is 39.9 Å². The molecule has 0 bridgehead atoms. The van der Waals surface area contributed by atoms with Crippen LogP contribution in [0.5, 0.6) is 0 Å². The first-order chi connectivity index (χ1) is 12.3. The van der Waals surface area contributed by atoms with E-state index in [4.69, 9.17) is 9.15 Å². The fourth-order valence-corrected chi connectivity index (χ4v) is 3.38. The molecule has 1 aromatic heterocycles. The Bertz CT molecular complexity index is 631. The van der Waals surface area contributed by atoms with Crippen molar-refractivity contribution in [2.24, 2.45) is 0 Å². The van der Waals surface area contributed by atoms with Crippen LogP contribution in [0.2, 0.25) is 0 Å². The molecule has 0 amide bonds. The minimum atomic E-state index is 0.565. The van der Waals surface area contributed by atoms with E-state index in [9.17, 15) is 0 Å². The zero-order valence-electron chi connectivity index (χ0n) is 15.2. The predicted octanol–water partition coefficient (Wildman–Crippen LogP) is 2.20. The summed E-state index contributed by atoms with van der Waals surface area (Å²) in [5.74, 6) is 1.40. The summed E-state index contributed by atoms with van der Waals surface area (Å²) >= 11 is 0. The van der Waals surface area contributed by atoms with E-state index in [2.05, 4.69) is 39.1 Å². The number of methoxy groups -OCH3 is 1. The zero-order valence-corrected chi connectivity index (χ0v) is 15.2. The second kappa shape index (κ2) is 9.08. The number of benzene rings is 1. The van der Waals surface area contributed by atoms with Gasteiger partial charge in [-0.15, -0.1) is 10.2 Å². The SMILES string of the molecule is CC[C@@H]1CN(Cc2nnc(Cc3ccccc3)o2)CCN1CCOC. The highest BCUT2D eigenvalue weighted by molar-refractivity contribution is 5.17. The van der Waals surface area contributed by atoms with Crippen molar-refractivity contribution < 1.29 is 9.15 Å². The molecule has 3 rings (SSSR count). The van der Waals surface area contributed by atoms with E-state index in [1.807, 2.05) is 18.2 Å². The van der Waals surface area contributed by atoms with E-state index in [1.165, 1.54) is 5.56 Å². The molecule has 1 aliphatic heterocycles. The molecular weight excluding hydrogens is 316 g/mol. The highest BCUT2D eigenvalue weighted by Gasteiger charge is 2.26. The van der Waals surface area contributed by atoms with E-state index in [0.717, 1.165) is 45.8 Å². The minimum absolute atomic E-state index is 0.565. The molecule has 6 heteroatoms. The number of ether oxygens (including phenoxy) is 1. The monoisotopic (exact) mass is 344 g/mol. The highest BCUT2D eigenvalue weighted by atomic mass is 16.5. The van der Waals surface area contributed by atoms with Crippen LogP contribution in [0.4, 0.5) is 0 Å². The largest absolute Gasteiger partial charge is 0.424 e. The minimum Gasteiger partial charge on any atom is -0.424 e. The Balaban J connectivity index is 1.53. The topological polar surface area (TPSA) is 54.6 Å². The average molecular weight is 344 g/mol. The van der Waals surface area contributed by atoms with E-state index in [-0.39, 0.29) is 0 Å². The van der Waals surface area contributed by atoms with E-state index in [1.54, 1.807) is 7.11 Å².